The minimum Gasteiger partial charge on any atom is -0.406 e. The Bertz CT molecular complexity index is 820. The molecule has 162 valence electrons. The number of rotatable bonds is 7. The lowest BCUT2D eigenvalue weighted by Gasteiger charge is -2.35. The Morgan fingerprint density at radius 2 is 1.70 bits per heavy atom. The summed E-state index contributed by atoms with van der Waals surface area (Å²) in [6.45, 7) is 2.87. The molecule has 1 N–H and O–H groups in total. The zero-order valence-corrected chi connectivity index (χ0v) is 16.1. The van der Waals surface area contributed by atoms with E-state index in [1.807, 2.05) is 0 Å². The molecule has 1 aliphatic rings. The van der Waals surface area contributed by atoms with E-state index in [9.17, 15) is 22.4 Å². The van der Waals surface area contributed by atoms with Crippen molar-refractivity contribution in [3.05, 3.63) is 65.5 Å². The molecule has 0 radical (unpaired) electrons. The molecule has 0 bridgehead atoms. The van der Waals surface area contributed by atoms with Crippen molar-refractivity contribution in [1.82, 2.24) is 10.2 Å². The highest BCUT2D eigenvalue weighted by atomic mass is 19.4. The van der Waals surface area contributed by atoms with Crippen LogP contribution < -0.4 is 10.1 Å². The summed E-state index contributed by atoms with van der Waals surface area (Å²) >= 11 is 0. The third-order valence-corrected chi connectivity index (χ3v) is 4.76. The Morgan fingerprint density at radius 1 is 1.07 bits per heavy atom. The van der Waals surface area contributed by atoms with Crippen LogP contribution in [0.25, 0.3) is 0 Å². The minimum atomic E-state index is -4.76. The van der Waals surface area contributed by atoms with Crippen molar-refractivity contribution < 1.29 is 31.8 Å². The first-order valence-corrected chi connectivity index (χ1v) is 9.49. The number of hydrogen-bond donors (Lipinski definition) is 1. The van der Waals surface area contributed by atoms with Crippen LogP contribution in [-0.2, 0) is 16.0 Å². The quantitative estimate of drug-likeness (QED) is 0.689. The number of alkyl halides is 3. The van der Waals surface area contributed by atoms with Gasteiger partial charge in [0.2, 0.25) is 5.91 Å². The van der Waals surface area contributed by atoms with Gasteiger partial charge >= 0.3 is 6.36 Å². The molecule has 0 aliphatic carbocycles. The molecule has 1 saturated heterocycles. The summed E-state index contributed by atoms with van der Waals surface area (Å²) in [7, 11) is 0. The van der Waals surface area contributed by atoms with Crippen molar-refractivity contribution in [1.29, 1.82) is 0 Å². The van der Waals surface area contributed by atoms with Gasteiger partial charge in [-0.3, -0.25) is 9.69 Å². The second-order valence-electron chi connectivity index (χ2n) is 6.89. The smallest absolute Gasteiger partial charge is 0.406 e. The van der Waals surface area contributed by atoms with Crippen LogP contribution in [-0.4, -0.2) is 50.0 Å². The van der Waals surface area contributed by atoms with Crippen molar-refractivity contribution >= 4 is 5.91 Å². The molecule has 1 heterocycles. The number of carbonyl (C=O) groups excluding carboxylic acids is 1. The zero-order valence-electron chi connectivity index (χ0n) is 16.1. The van der Waals surface area contributed by atoms with Crippen molar-refractivity contribution in [3.63, 3.8) is 0 Å². The monoisotopic (exact) mass is 426 g/mol. The predicted molar refractivity (Wildman–Crippen MR) is 101 cm³/mol. The normalized spacial score (nSPS) is 16.1. The summed E-state index contributed by atoms with van der Waals surface area (Å²) in [5.41, 5.74) is 1.44. The van der Waals surface area contributed by atoms with Crippen LogP contribution >= 0.6 is 0 Å². The molecule has 1 amide bonds. The summed E-state index contributed by atoms with van der Waals surface area (Å²) in [6.07, 6.45) is -4.74. The Kier molecular flexibility index (Phi) is 7.28. The van der Waals surface area contributed by atoms with Crippen LogP contribution in [0.5, 0.6) is 5.75 Å². The number of nitrogens with zero attached hydrogens (tertiary/aromatic N) is 1. The summed E-state index contributed by atoms with van der Waals surface area (Å²) in [6, 6.07) is 11.2. The van der Waals surface area contributed by atoms with E-state index in [1.54, 1.807) is 12.1 Å². The largest absolute Gasteiger partial charge is 0.573 e. The van der Waals surface area contributed by atoms with E-state index < -0.39 is 6.36 Å². The number of ether oxygens (including phenoxy) is 2. The fourth-order valence-electron chi connectivity index (χ4n) is 3.30. The Labute approximate surface area is 171 Å². The highest BCUT2D eigenvalue weighted by Gasteiger charge is 2.31. The molecule has 0 saturated carbocycles. The minimum absolute atomic E-state index is 0.0194. The lowest BCUT2D eigenvalue weighted by atomic mass is 10.0. The molecule has 2 aromatic rings. The van der Waals surface area contributed by atoms with E-state index in [1.165, 1.54) is 36.4 Å². The van der Waals surface area contributed by atoms with Crippen molar-refractivity contribution in [2.45, 2.75) is 18.8 Å². The van der Waals surface area contributed by atoms with Gasteiger partial charge in [-0.25, -0.2) is 4.39 Å². The molecule has 0 aromatic heterocycles. The molecule has 1 aliphatic heterocycles. The van der Waals surface area contributed by atoms with E-state index >= 15 is 0 Å². The fourth-order valence-corrected chi connectivity index (χ4v) is 3.30. The average Bonchev–Trinajstić information content (AvgIpc) is 2.71. The van der Waals surface area contributed by atoms with Crippen molar-refractivity contribution in [2.75, 3.05) is 32.8 Å². The van der Waals surface area contributed by atoms with Gasteiger partial charge in [-0.05, 0) is 35.4 Å². The van der Waals surface area contributed by atoms with Crippen molar-refractivity contribution in [3.8, 4) is 5.75 Å². The van der Waals surface area contributed by atoms with Gasteiger partial charge < -0.3 is 14.8 Å². The molecule has 3 rings (SSSR count). The van der Waals surface area contributed by atoms with E-state index in [2.05, 4.69) is 15.0 Å². The SMILES string of the molecule is O=C(Cc1ccc(OC(F)(F)F)cc1)NC[C@H](c1ccc(F)cc1)N1CCOCC1. The van der Waals surface area contributed by atoms with Gasteiger partial charge in [-0.1, -0.05) is 24.3 Å². The summed E-state index contributed by atoms with van der Waals surface area (Å²) in [5, 5.41) is 2.87. The second-order valence-corrected chi connectivity index (χ2v) is 6.89. The number of carbonyl (C=O) groups is 1. The average molecular weight is 426 g/mol. The molecule has 0 unspecified atom stereocenters. The molecule has 2 aromatic carbocycles. The summed E-state index contributed by atoms with van der Waals surface area (Å²) < 4.78 is 59.2. The first-order valence-electron chi connectivity index (χ1n) is 9.49. The molecule has 1 atom stereocenters. The molecular formula is C21H22F4N2O3. The first kappa shape index (κ1) is 22.0. The molecule has 0 spiro atoms. The number of hydrogen-bond acceptors (Lipinski definition) is 4. The van der Waals surface area contributed by atoms with Gasteiger partial charge in [0.1, 0.15) is 11.6 Å². The van der Waals surface area contributed by atoms with Crippen LogP contribution in [0.15, 0.2) is 48.5 Å². The van der Waals surface area contributed by atoms with Gasteiger partial charge in [0.25, 0.3) is 0 Å². The maximum atomic E-state index is 13.3. The third kappa shape index (κ3) is 6.70. The number of amides is 1. The van der Waals surface area contributed by atoms with Gasteiger partial charge in [0.05, 0.1) is 25.7 Å². The second kappa shape index (κ2) is 9.90. The van der Waals surface area contributed by atoms with Crippen LogP contribution in [0.3, 0.4) is 0 Å². The summed E-state index contributed by atoms with van der Waals surface area (Å²) in [5.74, 6) is -0.934. The summed E-state index contributed by atoms with van der Waals surface area (Å²) in [4.78, 5) is 14.5. The van der Waals surface area contributed by atoms with Crippen LogP contribution in [0, 0.1) is 5.82 Å². The molecular weight excluding hydrogens is 404 g/mol. The predicted octanol–water partition coefficient (Wildman–Crippen LogP) is 3.46. The molecule has 30 heavy (non-hydrogen) atoms. The van der Waals surface area contributed by atoms with Gasteiger partial charge in [-0.15, -0.1) is 13.2 Å². The first-order chi connectivity index (χ1) is 14.3. The fraction of sp³-hybridized carbons (Fsp3) is 0.381. The van der Waals surface area contributed by atoms with E-state index in [4.69, 9.17) is 4.74 Å². The van der Waals surface area contributed by atoms with Crippen molar-refractivity contribution in [2.24, 2.45) is 0 Å². The van der Waals surface area contributed by atoms with E-state index in [0.29, 0.717) is 38.4 Å². The number of halogens is 4. The lowest BCUT2D eigenvalue weighted by molar-refractivity contribution is -0.274. The number of morpholine rings is 1. The van der Waals surface area contributed by atoms with Crippen LogP contribution in [0.2, 0.25) is 0 Å². The maximum Gasteiger partial charge on any atom is 0.573 e. The van der Waals surface area contributed by atoms with Gasteiger partial charge in [0, 0.05) is 19.6 Å². The topological polar surface area (TPSA) is 50.8 Å². The highest BCUT2D eigenvalue weighted by molar-refractivity contribution is 5.78. The lowest BCUT2D eigenvalue weighted by Crippen LogP contribution is -2.44. The molecule has 5 nitrogen and oxygen atoms in total. The van der Waals surface area contributed by atoms with E-state index in [0.717, 1.165) is 5.56 Å². The third-order valence-electron chi connectivity index (χ3n) is 4.76. The standard InChI is InChI=1S/C21H22F4N2O3/c22-17-5-3-16(4-6-17)19(27-9-11-29-12-10-27)14-26-20(28)13-15-1-7-18(8-2-15)30-21(23,24)25/h1-8,19H,9-14H2,(H,26,28)/t19-/m1/s1. The Balaban J connectivity index is 1.59. The van der Waals surface area contributed by atoms with Gasteiger partial charge in [0.15, 0.2) is 0 Å². The Morgan fingerprint density at radius 3 is 2.30 bits per heavy atom. The highest BCUT2D eigenvalue weighted by Crippen LogP contribution is 2.23. The van der Waals surface area contributed by atoms with Crippen LogP contribution in [0.4, 0.5) is 17.6 Å². The molecule has 1 fully saturated rings. The maximum absolute atomic E-state index is 13.3. The van der Waals surface area contributed by atoms with Crippen LogP contribution in [0.1, 0.15) is 17.2 Å². The number of benzene rings is 2. The zero-order chi connectivity index (χ0) is 21.6. The van der Waals surface area contributed by atoms with Gasteiger partial charge in [-0.2, -0.15) is 0 Å². The number of nitrogens with one attached hydrogen (secondary N) is 1. The Hall–Kier alpha value is -2.65. The molecule has 9 heteroatoms. The van der Waals surface area contributed by atoms with E-state index in [-0.39, 0.29) is 29.9 Å².